The third-order valence-corrected chi connectivity index (χ3v) is 7.49. The van der Waals surface area contributed by atoms with Crippen LogP contribution in [0.2, 0.25) is 0 Å². The van der Waals surface area contributed by atoms with Gasteiger partial charge in [-0.2, -0.15) is 0 Å². The lowest BCUT2D eigenvalue weighted by atomic mass is 9.96. The highest BCUT2D eigenvalue weighted by Crippen LogP contribution is 2.41. The van der Waals surface area contributed by atoms with Gasteiger partial charge in [-0.25, -0.2) is 9.59 Å². The number of unbranched alkanes of at least 4 members (excludes halogenated alkanes) is 1. The highest BCUT2D eigenvalue weighted by molar-refractivity contribution is 6.05. The highest BCUT2D eigenvalue weighted by Gasteiger charge is 2.46. The molecule has 4 amide bonds. The Kier molecular flexibility index (Phi) is 10.8. The van der Waals surface area contributed by atoms with E-state index in [2.05, 4.69) is 5.32 Å². The van der Waals surface area contributed by atoms with E-state index in [0.29, 0.717) is 68.1 Å². The fraction of sp³-hybridized carbons (Fsp3) is 0.655. The zero-order chi connectivity index (χ0) is 30.3. The molecule has 2 atom stereocenters. The number of alkyl carbamates (subject to hydrolysis) is 1. The molecular weight excluding hydrogens is 532 g/mol. The number of anilines is 1. The molecule has 0 aliphatic carbocycles. The van der Waals surface area contributed by atoms with Gasteiger partial charge in [-0.05, 0) is 78.0 Å². The summed E-state index contributed by atoms with van der Waals surface area (Å²) < 4.78 is 16.6. The molecule has 1 fully saturated rings. The van der Waals surface area contributed by atoms with E-state index in [-0.39, 0.29) is 37.0 Å². The first-order valence-electron chi connectivity index (χ1n) is 14.3. The number of rotatable bonds is 11. The Morgan fingerprint density at radius 2 is 2.00 bits per heavy atom. The SMILES string of the molecule is CCNC(=O)OCC1(C)Oc2cc(C)c(C(=O)N(C(C)C)[C@@H]3CCCN(C(=O)O)C3)cc2N(CCCCOC)C1=O. The van der Waals surface area contributed by atoms with E-state index in [1.54, 1.807) is 42.9 Å². The summed E-state index contributed by atoms with van der Waals surface area (Å²) in [6, 6.07) is 3.00. The maximum absolute atomic E-state index is 14.1. The molecule has 1 aromatic carbocycles. The van der Waals surface area contributed by atoms with Crippen molar-refractivity contribution in [3.63, 3.8) is 0 Å². The van der Waals surface area contributed by atoms with Gasteiger partial charge in [-0.15, -0.1) is 0 Å². The first-order valence-corrected chi connectivity index (χ1v) is 14.3. The largest absolute Gasteiger partial charge is 0.472 e. The summed E-state index contributed by atoms with van der Waals surface area (Å²) in [5, 5.41) is 12.1. The number of aryl methyl sites for hydroxylation is 1. The number of benzene rings is 1. The highest BCUT2D eigenvalue weighted by atomic mass is 16.6. The predicted molar refractivity (Wildman–Crippen MR) is 153 cm³/mol. The van der Waals surface area contributed by atoms with Crippen molar-refractivity contribution in [2.75, 3.05) is 51.4 Å². The van der Waals surface area contributed by atoms with E-state index >= 15 is 0 Å². The first-order chi connectivity index (χ1) is 19.4. The van der Waals surface area contributed by atoms with Gasteiger partial charge in [0.25, 0.3) is 11.8 Å². The third kappa shape index (κ3) is 7.41. The monoisotopic (exact) mass is 576 g/mol. The molecular formula is C29H44N4O8. The minimum atomic E-state index is -1.45. The van der Waals surface area contributed by atoms with Gasteiger partial charge >= 0.3 is 12.2 Å². The van der Waals surface area contributed by atoms with Crippen molar-refractivity contribution in [2.24, 2.45) is 0 Å². The average molecular weight is 577 g/mol. The van der Waals surface area contributed by atoms with E-state index in [1.165, 1.54) is 4.90 Å². The molecule has 0 radical (unpaired) electrons. The van der Waals surface area contributed by atoms with Crippen LogP contribution in [0.3, 0.4) is 0 Å². The smallest absolute Gasteiger partial charge is 0.407 e. The van der Waals surface area contributed by atoms with Crippen molar-refractivity contribution in [1.82, 2.24) is 15.1 Å². The van der Waals surface area contributed by atoms with Crippen LogP contribution in [0.5, 0.6) is 5.75 Å². The van der Waals surface area contributed by atoms with Crippen LogP contribution in [0.25, 0.3) is 0 Å². The second-order valence-corrected chi connectivity index (χ2v) is 11.1. The van der Waals surface area contributed by atoms with Gasteiger partial charge in [0, 0.05) is 51.5 Å². The Balaban J connectivity index is 1.97. The van der Waals surface area contributed by atoms with E-state index in [0.717, 1.165) is 6.42 Å². The Labute approximate surface area is 241 Å². The Morgan fingerprint density at radius 1 is 1.27 bits per heavy atom. The molecule has 12 nitrogen and oxygen atoms in total. The van der Waals surface area contributed by atoms with E-state index < -0.39 is 17.8 Å². The second-order valence-electron chi connectivity index (χ2n) is 11.1. The molecule has 1 aromatic rings. The number of carboxylic acid groups (broad SMARTS) is 1. The number of nitrogens with one attached hydrogen (secondary N) is 1. The average Bonchev–Trinajstić information content (AvgIpc) is 2.92. The maximum Gasteiger partial charge on any atom is 0.407 e. The van der Waals surface area contributed by atoms with Gasteiger partial charge in [0.15, 0.2) is 0 Å². The maximum atomic E-state index is 14.1. The van der Waals surface area contributed by atoms with Gasteiger partial charge in [0.1, 0.15) is 12.4 Å². The standard InChI is InChI=1S/C29H44N4O8/c1-7-30-27(36)40-18-29(5)26(35)32(13-8-9-14-39-6)23-16-22(20(4)15-24(23)41-29)25(34)33(19(2)3)21-11-10-12-31(17-21)28(37)38/h15-16,19,21H,7-14,17-18H2,1-6H3,(H,30,36)(H,37,38)/t21-,29?/m1/s1. The molecule has 3 rings (SSSR count). The summed E-state index contributed by atoms with van der Waals surface area (Å²) in [5.41, 5.74) is 0.0941. The molecule has 1 saturated heterocycles. The van der Waals surface area contributed by atoms with Gasteiger partial charge in [-0.1, -0.05) is 0 Å². The van der Waals surface area contributed by atoms with E-state index in [4.69, 9.17) is 14.2 Å². The van der Waals surface area contributed by atoms with Crippen molar-refractivity contribution in [3.05, 3.63) is 23.3 Å². The van der Waals surface area contributed by atoms with Crippen molar-refractivity contribution in [2.45, 2.75) is 78.0 Å². The Morgan fingerprint density at radius 3 is 2.63 bits per heavy atom. The number of carbonyl (C=O) groups is 4. The summed E-state index contributed by atoms with van der Waals surface area (Å²) in [5.74, 6) is -0.186. The Hall–Kier alpha value is -3.54. The molecule has 2 aliphatic rings. The van der Waals surface area contributed by atoms with Crippen molar-refractivity contribution in [3.8, 4) is 5.75 Å². The molecule has 0 aromatic heterocycles. The van der Waals surface area contributed by atoms with Gasteiger partial charge < -0.3 is 39.3 Å². The molecule has 2 N–H and O–H groups in total. The van der Waals surface area contributed by atoms with Crippen LogP contribution in [0.15, 0.2) is 12.1 Å². The molecule has 2 aliphatic heterocycles. The van der Waals surface area contributed by atoms with Crippen molar-refractivity contribution >= 4 is 29.7 Å². The summed E-state index contributed by atoms with van der Waals surface area (Å²) >= 11 is 0. The lowest BCUT2D eigenvalue weighted by Crippen LogP contribution is -2.58. The van der Waals surface area contributed by atoms with Crippen LogP contribution in [0.1, 0.15) is 69.3 Å². The number of likely N-dealkylation sites (tertiary alicyclic amines) is 1. The van der Waals surface area contributed by atoms with Crippen LogP contribution >= 0.6 is 0 Å². The van der Waals surface area contributed by atoms with Crippen LogP contribution in [-0.2, 0) is 14.3 Å². The third-order valence-electron chi connectivity index (χ3n) is 7.49. The molecule has 12 heteroatoms. The number of amides is 4. The molecule has 2 heterocycles. The topological polar surface area (TPSA) is 138 Å². The summed E-state index contributed by atoms with van der Waals surface area (Å²) in [7, 11) is 1.62. The normalized spacial score (nSPS) is 20.4. The van der Waals surface area contributed by atoms with Crippen molar-refractivity contribution in [1.29, 1.82) is 0 Å². The number of methoxy groups -OCH3 is 1. The number of hydrogen-bond donors (Lipinski definition) is 2. The minimum absolute atomic E-state index is 0.172. The fourth-order valence-electron chi connectivity index (χ4n) is 5.42. The van der Waals surface area contributed by atoms with Crippen LogP contribution in [0, 0.1) is 6.92 Å². The number of piperidine rings is 1. The van der Waals surface area contributed by atoms with Gasteiger partial charge in [0.2, 0.25) is 5.60 Å². The molecule has 228 valence electrons. The predicted octanol–water partition coefficient (Wildman–Crippen LogP) is 3.64. The molecule has 0 bridgehead atoms. The van der Waals surface area contributed by atoms with Crippen LogP contribution < -0.4 is 15.0 Å². The number of carbonyl (C=O) groups excluding carboxylic acids is 3. The Bertz CT molecular complexity index is 1130. The number of fused-ring (bicyclic) bond motifs is 1. The second kappa shape index (κ2) is 13.9. The minimum Gasteiger partial charge on any atom is -0.472 e. The number of nitrogens with zero attached hydrogens (tertiary/aromatic N) is 3. The van der Waals surface area contributed by atoms with Crippen molar-refractivity contribution < 1.29 is 38.5 Å². The number of ether oxygens (including phenoxy) is 3. The van der Waals surface area contributed by atoms with Gasteiger partial charge in [-0.3, -0.25) is 9.59 Å². The van der Waals surface area contributed by atoms with E-state index in [1.807, 2.05) is 20.8 Å². The first kappa shape index (κ1) is 32.0. The van der Waals surface area contributed by atoms with Crippen LogP contribution in [0.4, 0.5) is 15.3 Å². The fourth-order valence-corrected chi connectivity index (χ4v) is 5.42. The quantitative estimate of drug-likeness (QED) is 0.381. The summed E-state index contributed by atoms with van der Waals surface area (Å²) in [6.45, 7) is 10.7. The number of hydrogen-bond acceptors (Lipinski definition) is 7. The summed E-state index contributed by atoms with van der Waals surface area (Å²) in [4.78, 5) is 56.2. The molecule has 0 spiro atoms. The zero-order valence-electron chi connectivity index (χ0n) is 25.0. The van der Waals surface area contributed by atoms with Crippen LogP contribution in [-0.4, -0.2) is 103 Å². The lowest BCUT2D eigenvalue weighted by molar-refractivity contribution is -0.137. The van der Waals surface area contributed by atoms with E-state index in [9.17, 15) is 24.3 Å². The molecule has 1 unspecified atom stereocenters. The van der Waals surface area contributed by atoms with Gasteiger partial charge in [0.05, 0.1) is 11.7 Å². The molecule has 41 heavy (non-hydrogen) atoms. The zero-order valence-corrected chi connectivity index (χ0v) is 25.0. The molecule has 0 saturated carbocycles. The summed E-state index contributed by atoms with van der Waals surface area (Å²) in [6.07, 6.45) is 1.12. The lowest BCUT2D eigenvalue weighted by Gasteiger charge is -2.42.